The van der Waals surface area contributed by atoms with Crippen molar-refractivity contribution in [3.05, 3.63) is 71.5 Å². The molecule has 0 spiro atoms. The van der Waals surface area contributed by atoms with Gasteiger partial charge in [0.25, 0.3) is 5.91 Å². The Kier molecular flexibility index (Phi) is 5.07. The number of nitrogens with one attached hydrogen (secondary N) is 1. The molecule has 2 aliphatic rings. The standard InChI is InChI=1S/C25H25N3O5/c1-16-13-22(27-33-16)26-23(29)15-28(2)12-11-17(14-28)32-24(30)25(31)20-9-5-3-7-18(20)19-8-4-6-10-21(19)25/h3-10,13,17,31H,11-12,14-15H2,1-2H3/p+1. The van der Waals surface area contributed by atoms with E-state index in [1.165, 1.54) is 0 Å². The smallest absolute Gasteiger partial charge is 0.348 e. The molecule has 2 atom stereocenters. The second-order valence-electron chi connectivity index (χ2n) is 9.17. The maximum Gasteiger partial charge on any atom is 0.348 e. The number of fused-ring (bicyclic) bond motifs is 3. The van der Waals surface area contributed by atoms with Crippen molar-refractivity contribution in [2.24, 2.45) is 0 Å². The summed E-state index contributed by atoms with van der Waals surface area (Å²) in [6.45, 7) is 3.13. The Labute approximate surface area is 191 Å². The van der Waals surface area contributed by atoms with Gasteiger partial charge >= 0.3 is 5.97 Å². The van der Waals surface area contributed by atoms with E-state index in [-0.39, 0.29) is 12.5 Å². The number of benzene rings is 2. The largest absolute Gasteiger partial charge is 0.453 e. The number of carbonyl (C=O) groups is 2. The van der Waals surface area contributed by atoms with Crippen molar-refractivity contribution in [1.29, 1.82) is 0 Å². The predicted octanol–water partition coefficient (Wildman–Crippen LogP) is 2.60. The van der Waals surface area contributed by atoms with Crippen LogP contribution in [0.4, 0.5) is 5.82 Å². The summed E-state index contributed by atoms with van der Waals surface area (Å²) in [5.74, 6) is 0.134. The minimum absolute atomic E-state index is 0.185. The molecule has 0 bridgehead atoms. The monoisotopic (exact) mass is 448 g/mol. The molecule has 1 aromatic heterocycles. The van der Waals surface area contributed by atoms with Crippen molar-refractivity contribution in [1.82, 2.24) is 5.16 Å². The number of hydrogen-bond donors (Lipinski definition) is 2. The van der Waals surface area contributed by atoms with E-state index < -0.39 is 17.7 Å². The highest BCUT2D eigenvalue weighted by atomic mass is 16.6. The molecule has 2 unspecified atom stereocenters. The summed E-state index contributed by atoms with van der Waals surface area (Å²) in [7, 11) is 1.95. The highest BCUT2D eigenvalue weighted by molar-refractivity contribution is 5.96. The number of hydrogen-bond acceptors (Lipinski definition) is 6. The lowest BCUT2D eigenvalue weighted by Crippen LogP contribution is -2.48. The summed E-state index contributed by atoms with van der Waals surface area (Å²) in [6, 6.07) is 16.4. The van der Waals surface area contributed by atoms with Gasteiger partial charge in [0, 0.05) is 23.6 Å². The maximum atomic E-state index is 13.3. The molecule has 1 aliphatic heterocycles. The first-order chi connectivity index (χ1) is 15.8. The van der Waals surface area contributed by atoms with Crippen molar-refractivity contribution in [2.75, 3.05) is 32.0 Å². The predicted molar refractivity (Wildman–Crippen MR) is 120 cm³/mol. The van der Waals surface area contributed by atoms with E-state index in [4.69, 9.17) is 9.26 Å². The molecule has 5 rings (SSSR count). The van der Waals surface area contributed by atoms with Crippen LogP contribution < -0.4 is 5.32 Å². The third-order valence-electron chi connectivity index (χ3n) is 6.55. The number of amides is 1. The van der Waals surface area contributed by atoms with Crippen molar-refractivity contribution in [2.45, 2.75) is 25.0 Å². The Bertz CT molecular complexity index is 1190. The van der Waals surface area contributed by atoms with Gasteiger partial charge in [0.05, 0.1) is 13.6 Å². The number of likely N-dealkylation sites (N-methyl/N-ethyl adjacent to an activating group) is 1. The fourth-order valence-corrected chi connectivity index (χ4v) is 4.99. The number of nitrogens with zero attached hydrogens (tertiary/aromatic N) is 2. The number of anilines is 1. The summed E-state index contributed by atoms with van der Waals surface area (Å²) in [5.41, 5.74) is 0.891. The Morgan fingerprint density at radius 3 is 2.42 bits per heavy atom. The first kappa shape index (κ1) is 21.4. The van der Waals surface area contributed by atoms with Crippen LogP contribution in [-0.2, 0) is 19.9 Å². The molecule has 3 aromatic rings. The van der Waals surface area contributed by atoms with Gasteiger partial charge in [0.2, 0.25) is 5.60 Å². The van der Waals surface area contributed by atoms with Crippen molar-refractivity contribution < 1.29 is 28.4 Å². The molecular weight excluding hydrogens is 422 g/mol. The van der Waals surface area contributed by atoms with Gasteiger partial charge in [-0.2, -0.15) is 0 Å². The average Bonchev–Trinajstić information content (AvgIpc) is 3.44. The first-order valence-corrected chi connectivity index (χ1v) is 11.0. The van der Waals surface area contributed by atoms with E-state index in [1.54, 1.807) is 25.1 Å². The number of likely N-dealkylation sites (tertiary alicyclic amines) is 1. The topological polar surface area (TPSA) is 102 Å². The molecule has 2 heterocycles. The third kappa shape index (κ3) is 3.71. The molecule has 170 valence electrons. The van der Waals surface area contributed by atoms with Gasteiger partial charge in [0.15, 0.2) is 18.5 Å². The van der Waals surface area contributed by atoms with Crippen molar-refractivity contribution >= 4 is 17.7 Å². The quantitative estimate of drug-likeness (QED) is 0.460. The molecule has 2 N–H and O–H groups in total. The van der Waals surface area contributed by atoms with E-state index in [2.05, 4.69) is 10.5 Å². The van der Waals surface area contributed by atoms with Gasteiger partial charge in [-0.15, -0.1) is 0 Å². The molecule has 1 amide bonds. The molecule has 33 heavy (non-hydrogen) atoms. The lowest BCUT2D eigenvalue weighted by atomic mass is 9.91. The number of aliphatic hydroxyl groups is 1. The van der Waals surface area contributed by atoms with Crippen molar-refractivity contribution in [3.8, 4) is 11.1 Å². The lowest BCUT2D eigenvalue weighted by molar-refractivity contribution is -0.890. The molecule has 1 aliphatic carbocycles. The summed E-state index contributed by atoms with van der Waals surface area (Å²) in [4.78, 5) is 25.8. The van der Waals surface area contributed by atoms with Crippen LogP contribution in [0.15, 0.2) is 59.1 Å². The highest BCUT2D eigenvalue weighted by Crippen LogP contribution is 2.48. The third-order valence-corrected chi connectivity index (χ3v) is 6.55. The summed E-state index contributed by atoms with van der Waals surface area (Å²) >= 11 is 0. The molecule has 8 heteroatoms. The number of esters is 1. The first-order valence-electron chi connectivity index (χ1n) is 11.0. The minimum Gasteiger partial charge on any atom is -0.453 e. The zero-order chi connectivity index (χ0) is 23.2. The molecule has 0 saturated carbocycles. The summed E-state index contributed by atoms with van der Waals surface area (Å²) < 4.78 is 11.2. The molecule has 1 saturated heterocycles. The van der Waals surface area contributed by atoms with E-state index in [0.717, 1.165) is 11.1 Å². The molecule has 0 radical (unpaired) electrons. The number of carbonyl (C=O) groups excluding carboxylic acids is 2. The van der Waals surface area contributed by atoms with Gasteiger partial charge in [-0.3, -0.25) is 4.79 Å². The average molecular weight is 448 g/mol. The lowest BCUT2D eigenvalue weighted by Gasteiger charge is -2.29. The number of aromatic nitrogens is 1. The Morgan fingerprint density at radius 2 is 1.82 bits per heavy atom. The van der Waals surface area contributed by atoms with Crippen LogP contribution in [0.3, 0.4) is 0 Å². The van der Waals surface area contributed by atoms with Crippen LogP contribution in [0.5, 0.6) is 0 Å². The number of quaternary nitrogens is 1. The van der Waals surface area contributed by atoms with Gasteiger partial charge in [-0.1, -0.05) is 53.7 Å². The molecule has 8 nitrogen and oxygen atoms in total. The summed E-state index contributed by atoms with van der Waals surface area (Å²) in [5, 5.41) is 18.1. The molecule has 1 fully saturated rings. The number of aryl methyl sites for hydroxylation is 1. The Morgan fingerprint density at radius 1 is 1.18 bits per heavy atom. The highest BCUT2D eigenvalue weighted by Gasteiger charge is 2.51. The maximum absolute atomic E-state index is 13.3. The van der Waals surface area contributed by atoms with Crippen LogP contribution in [0, 0.1) is 6.92 Å². The fraction of sp³-hybridized carbons (Fsp3) is 0.320. The Balaban J connectivity index is 1.29. The van der Waals surface area contributed by atoms with Crippen LogP contribution in [0.1, 0.15) is 23.3 Å². The normalized spacial score (nSPS) is 22.5. The minimum atomic E-state index is -1.85. The Hall–Kier alpha value is -3.49. The summed E-state index contributed by atoms with van der Waals surface area (Å²) in [6.07, 6.45) is 0.214. The van der Waals surface area contributed by atoms with E-state index in [1.807, 2.05) is 43.4 Å². The molecular formula is C25H26N3O5+. The van der Waals surface area contributed by atoms with Crippen molar-refractivity contribution in [3.63, 3.8) is 0 Å². The number of rotatable bonds is 5. The second-order valence-corrected chi connectivity index (χ2v) is 9.17. The van der Waals surface area contributed by atoms with Gasteiger partial charge in [-0.25, -0.2) is 4.79 Å². The van der Waals surface area contributed by atoms with Gasteiger partial charge in [-0.05, 0) is 18.1 Å². The van der Waals surface area contributed by atoms with E-state index in [0.29, 0.717) is 46.7 Å². The number of ether oxygens (including phenoxy) is 1. The van der Waals surface area contributed by atoms with Gasteiger partial charge in [0.1, 0.15) is 12.3 Å². The van der Waals surface area contributed by atoms with Crippen LogP contribution in [-0.4, -0.2) is 59.4 Å². The second kappa shape index (κ2) is 7.83. The van der Waals surface area contributed by atoms with Crippen LogP contribution in [0.2, 0.25) is 0 Å². The zero-order valence-corrected chi connectivity index (χ0v) is 18.6. The van der Waals surface area contributed by atoms with Crippen LogP contribution in [0.25, 0.3) is 11.1 Å². The van der Waals surface area contributed by atoms with Gasteiger partial charge < -0.3 is 24.2 Å². The fourth-order valence-electron chi connectivity index (χ4n) is 4.99. The van der Waals surface area contributed by atoms with Crippen LogP contribution >= 0.6 is 0 Å². The zero-order valence-electron chi connectivity index (χ0n) is 18.6. The SMILES string of the molecule is Cc1cc(NC(=O)C[N+]2(C)CCC(OC(=O)C3(O)c4ccccc4-c4ccccc43)C2)no1. The van der Waals surface area contributed by atoms with E-state index >= 15 is 0 Å². The molecule has 2 aromatic carbocycles. The van der Waals surface area contributed by atoms with E-state index in [9.17, 15) is 14.7 Å².